The average Bonchev–Trinajstić information content (AvgIpc) is 2.59. The van der Waals surface area contributed by atoms with Crippen LogP contribution < -0.4 is 5.32 Å². The third kappa shape index (κ3) is 8.61. The van der Waals surface area contributed by atoms with Gasteiger partial charge in [0.1, 0.15) is 0 Å². The minimum absolute atomic E-state index is 0.704. The number of rotatable bonds is 9. The molecule has 1 saturated heterocycles. The first kappa shape index (κ1) is 16.9. The van der Waals surface area contributed by atoms with Crippen molar-refractivity contribution < 1.29 is 4.74 Å². The minimum Gasteiger partial charge on any atom is -0.380 e. The molecule has 1 rings (SSSR count). The summed E-state index contributed by atoms with van der Waals surface area (Å²) < 4.78 is 5.65. The highest BCUT2D eigenvalue weighted by molar-refractivity contribution is 4.74. The highest BCUT2D eigenvalue weighted by Gasteiger charge is 2.15. The van der Waals surface area contributed by atoms with E-state index in [1.165, 1.54) is 51.7 Å². The van der Waals surface area contributed by atoms with Gasteiger partial charge in [-0.25, -0.2) is 0 Å². The molecule has 19 heavy (non-hydrogen) atoms. The van der Waals surface area contributed by atoms with Crippen LogP contribution in [0, 0.1) is 5.92 Å². The van der Waals surface area contributed by atoms with Gasteiger partial charge in [0.25, 0.3) is 0 Å². The molecule has 3 nitrogen and oxygen atoms in total. The first-order chi connectivity index (χ1) is 9.22. The maximum atomic E-state index is 5.65. The zero-order valence-electron chi connectivity index (χ0n) is 13.3. The smallest absolute Gasteiger partial charge is 0.0591 e. The molecule has 1 aliphatic heterocycles. The SMILES string of the molecule is CCCN1CCCC(NCCOCCC(C)C)CC1. The molecule has 0 spiro atoms. The summed E-state index contributed by atoms with van der Waals surface area (Å²) in [6, 6.07) is 0.704. The van der Waals surface area contributed by atoms with Crippen molar-refractivity contribution in [2.75, 3.05) is 39.4 Å². The Hall–Kier alpha value is -0.120. The first-order valence-electron chi connectivity index (χ1n) is 8.25. The molecular weight excluding hydrogens is 236 g/mol. The molecule has 1 fully saturated rings. The van der Waals surface area contributed by atoms with E-state index in [4.69, 9.17) is 4.74 Å². The highest BCUT2D eigenvalue weighted by atomic mass is 16.5. The van der Waals surface area contributed by atoms with E-state index < -0.39 is 0 Å². The van der Waals surface area contributed by atoms with Crippen LogP contribution in [0.2, 0.25) is 0 Å². The van der Waals surface area contributed by atoms with Crippen molar-refractivity contribution in [3.8, 4) is 0 Å². The zero-order valence-corrected chi connectivity index (χ0v) is 13.3. The van der Waals surface area contributed by atoms with E-state index in [1.807, 2.05) is 0 Å². The van der Waals surface area contributed by atoms with Crippen LogP contribution in [0.3, 0.4) is 0 Å². The molecule has 0 saturated carbocycles. The topological polar surface area (TPSA) is 24.5 Å². The molecule has 0 radical (unpaired) electrons. The number of hydrogen-bond acceptors (Lipinski definition) is 3. The maximum absolute atomic E-state index is 5.65. The Morgan fingerprint density at radius 2 is 2.05 bits per heavy atom. The molecule has 114 valence electrons. The van der Waals surface area contributed by atoms with Crippen LogP contribution in [0.4, 0.5) is 0 Å². The van der Waals surface area contributed by atoms with E-state index in [0.717, 1.165) is 25.7 Å². The van der Waals surface area contributed by atoms with Crippen LogP contribution in [0.15, 0.2) is 0 Å². The van der Waals surface area contributed by atoms with E-state index in [-0.39, 0.29) is 0 Å². The molecule has 0 aromatic rings. The molecule has 0 aromatic carbocycles. The fraction of sp³-hybridized carbons (Fsp3) is 1.00. The molecule has 0 amide bonds. The third-order valence-corrected chi connectivity index (χ3v) is 3.88. The van der Waals surface area contributed by atoms with Gasteiger partial charge in [0.05, 0.1) is 6.61 Å². The van der Waals surface area contributed by atoms with Crippen molar-refractivity contribution in [2.24, 2.45) is 5.92 Å². The summed E-state index contributed by atoms with van der Waals surface area (Å²) in [6.45, 7) is 13.4. The molecule has 1 heterocycles. The lowest BCUT2D eigenvalue weighted by atomic mass is 10.1. The third-order valence-electron chi connectivity index (χ3n) is 3.88. The molecular formula is C16H34N2O. The summed E-state index contributed by atoms with van der Waals surface area (Å²) in [5.74, 6) is 0.749. The van der Waals surface area contributed by atoms with Gasteiger partial charge in [-0.15, -0.1) is 0 Å². The van der Waals surface area contributed by atoms with E-state index in [1.54, 1.807) is 0 Å². The van der Waals surface area contributed by atoms with Crippen molar-refractivity contribution in [2.45, 2.75) is 58.9 Å². The monoisotopic (exact) mass is 270 g/mol. The van der Waals surface area contributed by atoms with Crippen molar-refractivity contribution >= 4 is 0 Å². The lowest BCUT2D eigenvalue weighted by molar-refractivity contribution is 0.123. The Balaban J connectivity index is 2.00. The van der Waals surface area contributed by atoms with Crippen molar-refractivity contribution in [1.29, 1.82) is 0 Å². The van der Waals surface area contributed by atoms with Crippen LogP contribution in [-0.4, -0.2) is 50.3 Å². The van der Waals surface area contributed by atoms with Gasteiger partial charge in [0.15, 0.2) is 0 Å². The van der Waals surface area contributed by atoms with Crippen LogP contribution in [0.25, 0.3) is 0 Å². The van der Waals surface area contributed by atoms with E-state index in [2.05, 4.69) is 31.0 Å². The van der Waals surface area contributed by atoms with Gasteiger partial charge in [-0.2, -0.15) is 0 Å². The first-order valence-corrected chi connectivity index (χ1v) is 8.25. The molecule has 0 bridgehead atoms. The largest absolute Gasteiger partial charge is 0.380 e. The van der Waals surface area contributed by atoms with Gasteiger partial charge in [-0.3, -0.25) is 0 Å². The maximum Gasteiger partial charge on any atom is 0.0591 e. The summed E-state index contributed by atoms with van der Waals surface area (Å²) in [6.07, 6.45) is 6.42. The second-order valence-corrected chi connectivity index (χ2v) is 6.22. The van der Waals surface area contributed by atoms with Gasteiger partial charge in [0, 0.05) is 19.2 Å². The van der Waals surface area contributed by atoms with Crippen LogP contribution in [0.5, 0.6) is 0 Å². The van der Waals surface area contributed by atoms with Gasteiger partial charge in [0.2, 0.25) is 0 Å². The molecule has 1 N–H and O–H groups in total. The van der Waals surface area contributed by atoms with Crippen LogP contribution in [0.1, 0.15) is 52.9 Å². The molecule has 1 aliphatic rings. The Morgan fingerprint density at radius 3 is 2.79 bits per heavy atom. The Morgan fingerprint density at radius 1 is 1.21 bits per heavy atom. The lowest BCUT2D eigenvalue weighted by Gasteiger charge is -2.19. The molecule has 0 aromatic heterocycles. The van der Waals surface area contributed by atoms with Crippen molar-refractivity contribution in [3.05, 3.63) is 0 Å². The number of nitrogens with one attached hydrogen (secondary N) is 1. The standard InChI is InChI=1S/C16H34N2O/c1-4-10-18-11-5-6-16(7-12-18)17-9-14-19-13-8-15(2)3/h15-17H,4-14H2,1-3H3. The summed E-state index contributed by atoms with van der Waals surface area (Å²) in [5, 5.41) is 3.66. The highest BCUT2D eigenvalue weighted by Crippen LogP contribution is 2.11. The van der Waals surface area contributed by atoms with E-state index >= 15 is 0 Å². The lowest BCUT2D eigenvalue weighted by Crippen LogP contribution is -2.33. The molecule has 3 heteroatoms. The summed E-state index contributed by atoms with van der Waals surface area (Å²) in [5.41, 5.74) is 0. The van der Waals surface area contributed by atoms with Crippen molar-refractivity contribution in [3.63, 3.8) is 0 Å². The normalized spacial score (nSPS) is 21.8. The van der Waals surface area contributed by atoms with Gasteiger partial charge in [-0.05, 0) is 57.7 Å². The Labute approximate surface area is 120 Å². The van der Waals surface area contributed by atoms with E-state index in [0.29, 0.717) is 6.04 Å². The average molecular weight is 270 g/mol. The van der Waals surface area contributed by atoms with E-state index in [9.17, 15) is 0 Å². The van der Waals surface area contributed by atoms with Crippen LogP contribution in [-0.2, 0) is 4.74 Å². The fourth-order valence-electron chi connectivity index (χ4n) is 2.66. The predicted octanol–water partition coefficient (Wildman–Crippen LogP) is 2.90. The quantitative estimate of drug-likeness (QED) is 0.652. The predicted molar refractivity (Wildman–Crippen MR) is 82.6 cm³/mol. The number of likely N-dealkylation sites (tertiary alicyclic amines) is 1. The second-order valence-electron chi connectivity index (χ2n) is 6.22. The number of nitrogens with zero attached hydrogens (tertiary/aromatic N) is 1. The second kappa shape index (κ2) is 10.6. The summed E-state index contributed by atoms with van der Waals surface area (Å²) in [4.78, 5) is 2.61. The molecule has 1 unspecified atom stereocenters. The van der Waals surface area contributed by atoms with Gasteiger partial charge < -0.3 is 15.0 Å². The summed E-state index contributed by atoms with van der Waals surface area (Å²) >= 11 is 0. The van der Waals surface area contributed by atoms with Gasteiger partial charge >= 0.3 is 0 Å². The van der Waals surface area contributed by atoms with Crippen molar-refractivity contribution in [1.82, 2.24) is 10.2 Å². The number of hydrogen-bond donors (Lipinski definition) is 1. The fourth-order valence-corrected chi connectivity index (χ4v) is 2.66. The minimum atomic E-state index is 0.704. The summed E-state index contributed by atoms with van der Waals surface area (Å²) in [7, 11) is 0. The van der Waals surface area contributed by atoms with Gasteiger partial charge in [-0.1, -0.05) is 20.8 Å². The van der Waals surface area contributed by atoms with Crippen LogP contribution >= 0.6 is 0 Å². The Bertz CT molecular complexity index is 209. The Kier molecular flexibility index (Phi) is 9.48. The zero-order chi connectivity index (χ0) is 13.9. The molecule has 0 aliphatic carbocycles. The molecule has 1 atom stereocenters. The number of ether oxygens (including phenoxy) is 1.